The highest BCUT2D eigenvalue weighted by molar-refractivity contribution is 5.75. The minimum Gasteiger partial charge on any atom is -0.467 e. The Morgan fingerprint density at radius 1 is 1.37 bits per heavy atom. The van der Waals surface area contributed by atoms with Gasteiger partial charge in [-0.2, -0.15) is 0 Å². The molecule has 0 aliphatic rings. The Morgan fingerprint density at radius 2 is 1.89 bits per heavy atom. The Bertz CT molecular complexity index is 298. The van der Waals surface area contributed by atoms with Crippen LogP contribution in [0.4, 0.5) is 0 Å². The zero-order valence-corrected chi connectivity index (χ0v) is 12.5. The first-order valence-corrected chi connectivity index (χ1v) is 6.31. The van der Waals surface area contributed by atoms with Gasteiger partial charge in [-0.3, -0.25) is 9.63 Å². The molecule has 0 saturated carbocycles. The SMILES string of the molecule is COC(=O)C(O)[C@H](CC(C)C)N(C=O)OC(C)(C)C. The molecule has 6 heteroatoms. The van der Waals surface area contributed by atoms with Crippen LogP contribution in [0, 0.1) is 5.92 Å². The van der Waals surface area contributed by atoms with Crippen LogP contribution in [0.2, 0.25) is 0 Å². The third kappa shape index (κ3) is 6.54. The molecular formula is C13H25NO5. The van der Waals surface area contributed by atoms with Gasteiger partial charge in [0.05, 0.1) is 18.8 Å². The quantitative estimate of drug-likeness (QED) is 0.428. The van der Waals surface area contributed by atoms with Gasteiger partial charge in [-0.1, -0.05) is 13.8 Å². The first-order chi connectivity index (χ1) is 8.62. The largest absolute Gasteiger partial charge is 0.467 e. The van der Waals surface area contributed by atoms with Crippen molar-refractivity contribution >= 4 is 12.4 Å². The summed E-state index contributed by atoms with van der Waals surface area (Å²) in [5.41, 5.74) is -0.605. The van der Waals surface area contributed by atoms with E-state index in [0.29, 0.717) is 12.8 Å². The molecule has 0 saturated heterocycles. The molecule has 0 radical (unpaired) electrons. The Balaban J connectivity index is 5.08. The summed E-state index contributed by atoms with van der Waals surface area (Å²) >= 11 is 0. The highest BCUT2D eigenvalue weighted by Crippen LogP contribution is 2.19. The van der Waals surface area contributed by atoms with Crippen molar-refractivity contribution in [3.63, 3.8) is 0 Å². The number of hydrogen-bond acceptors (Lipinski definition) is 5. The van der Waals surface area contributed by atoms with E-state index in [1.165, 1.54) is 7.11 Å². The van der Waals surface area contributed by atoms with Gasteiger partial charge in [0, 0.05) is 0 Å². The molecule has 19 heavy (non-hydrogen) atoms. The number of esters is 1. The van der Waals surface area contributed by atoms with Crippen LogP contribution in [0.5, 0.6) is 0 Å². The smallest absolute Gasteiger partial charge is 0.336 e. The third-order valence-electron chi connectivity index (χ3n) is 2.33. The minimum atomic E-state index is -1.43. The number of aliphatic hydroxyl groups excluding tert-OH is 1. The molecule has 6 nitrogen and oxygen atoms in total. The topological polar surface area (TPSA) is 76.1 Å². The molecular weight excluding hydrogens is 250 g/mol. The average molecular weight is 275 g/mol. The van der Waals surface area contributed by atoms with Crippen molar-refractivity contribution in [3.05, 3.63) is 0 Å². The van der Waals surface area contributed by atoms with Crippen LogP contribution in [0.1, 0.15) is 41.0 Å². The predicted octanol–water partition coefficient (Wildman–Crippen LogP) is 1.12. The second kappa shape index (κ2) is 7.45. The second-order valence-electron chi connectivity index (χ2n) is 5.83. The van der Waals surface area contributed by atoms with Crippen LogP contribution in [-0.2, 0) is 19.2 Å². The molecule has 2 atom stereocenters. The lowest BCUT2D eigenvalue weighted by molar-refractivity contribution is -0.245. The molecule has 0 aliphatic heterocycles. The fraction of sp³-hybridized carbons (Fsp3) is 0.846. The lowest BCUT2D eigenvalue weighted by Crippen LogP contribution is -2.50. The summed E-state index contributed by atoms with van der Waals surface area (Å²) in [4.78, 5) is 28.1. The van der Waals surface area contributed by atoms with Crippen molar-refractivity contribution in [3.8, 4) is 0 Å². The number of aliphatic hydroxyl groups is 1. The molecule has 0 aromatic carbocycles. The van der Waals surface area contributed by atoms with E-state index in [1.807, 2.05) is 13.8 Å². The summed E-state index contributed by atoms with van der Waals surface area (Å²) in [6, 6.07) is -0.774. The number of carbonyl (C=O) groups excluding carboxylic acids is 2. The molecule has 0 spiro atoms. The zero-order valence-electron chi connectivity index (χ0n) is 12.5. The maximum absolute atomic E-state index is 11.5. The number of ether oxygens (including phenoxy) is 1. The van der Waals surface area contributed by atoms with Gasteiger partial charge in [0.25, 0.3) is 0 Å². The number of amides is 1. The Morgan fingerprint density at radius 3 is 2.21 bits per heavy atom. The van der Waals surface area contributed by atoms with E-state index in [4.69, 9.17) is 4.84 Å². The second-order valence-corrected chi connectivity index (χ2v) is 5.83. The van der Waals surface area contributed by atoms with Crippen LogP contribution < -0.4 is 0 Å². The molecule has 112 valence electrons. The van der Waals surface area contributed by atoms with Gasteiger partial charge in [-0.05, 0) is 33.1 Å². The van der Waals surface area contributed by atoms with Crippen LogP contribution in [-0.4, -0.2) is 47.4 Å². The number of rotatable bonds is 7. The Kier molecular flexibility index (Phi) is 7.00. The maximum atomic E-state index is 11.5. The number of methoxy groups -OCH3 is 1. The fourth-order valence-electron chi connectivity index (χ4n) is 1.62. The fourth-order valence-corrected chi connectivity index (χ4v) is 1.62. The first-order valence-electron chi connectivity index (χ1n) is 6.31. The average Bonchev–Trinajstić information content (AvgIpc) is 2.29. The lowest BCUT2D eigenvalue weighted by Gasteiger charge is -2.35. The lowest BCUT2D eigenvalue weighted by atomic mass is 9.99. The van der Waals surface area contributed by atoms with Crippen molar-refractivity contribution in [2.75, 3.05) is 7.11 Å². The summed E-state index contributed by atoms with van der Waals surface area (Å²) in [7, 11) is 1.19. The Hall–Kier alpha value is -1.14. The molecule has 0 aliphatic carbocycles. The molecule has 1 unspecified atom stereocenters. The van der Waals surface area contributed by atoms with E-state index < -0.39 is 23.7 Å². The molecule has 0 aromatic heterocycles. The van der Waals surface area contributed by atoms with Crippen molar-refractivity contribution in [1.29, 1.82) is 0 Å². The van der Waals surface area contributed by atoms with Gasteiger partial charge < -0.3 is 9.84 Å². The van der Waals surface area contributed by atoms with E-state index in [9.17, 15) is 14.7 Å². The molecule has 0 bridgehead atoms. The Labute approximate surface area is 114 Å². The van der Waals surface area contributed by atoms with Gasteiger partial charge in [-0.15, -0.1) is 0 Å². The van der Waals surface area contributed by atoms with Crippen LogP contribution in [0.3, 0.4) is 0 Å². The van der Waals surface area contributed by atoms with Crippen LogP contribution in [0.25, 0.3) is 0 Å². The minimum absolute atomic E-state index is 0.176. The van der Waals surface area contributed by atoms with Gasteiger partial charge >= 0.3 is 5.97 Å². The van der Waals surface area contributed by atoms with Gasteiger partial charge in [0.15, 0.2) is 6.10 Å². The number of hydrogen-bond donors (Lipinski definition) is 1. The zero-order chi connectivity index (χ0) is 15.2. The molecule has 0 fully saturated rings. The van der Waals surface area contributed by atoms with Gasteiger partial charge in [0.2, 0.25) is 6.41 Å². The highest BCUT2D eigenvalue weighted by atomic mass is 16.7. The summed E-state index contributed by atoms with van der Waals surface area (Å²) < 4.78 is 4.51. The van der Waals surface area contributed by atoms with E-state index in [-0.39, 0.29) is 5.92 Å². The van der Waals surface area contributed by atoms with Crippen LogP contribution >= 0.6 is 0 Å². The number of carbonyl (C=O) groups is 2. The predicted molar refractivity (Wildman–Crippen MR) is 70.0 cm³/mol. The molecule has 0 aromatic rings. The normalized spacial score (nSPS) is 14.9. The monoisotopic (exact) mass is 275 g/mol. The summed E-state index contributed by atoms with van der Waals surface area (Å²) in [6.45, 7) is 9.19. The number of hydroxylamine groups is 2. The van der Waals surface area contributed by atoms with Crippen molar-refractivity contribution in [2.45, 2.75) is 58.8 Å². The van der Waals surface area contributed by atoms with E-state index in [1.54, 1.807) is 20.8 Å². The highest BCUT2D eigenvalue weighted by Gasteiger charge is 2.34. The standard InChI is InChI=1S/C13H25NO5/c1-9(2)7-10(11(16)12(17)18-6)14(8-15)19-13(3,4)5/h8-11,16H,7H2,1-6H3/t10-,11?/m0/s1. The van der Waals surface area contributed by atoms with Crippen molar-refractivity contribution in [1.82, 2.24) is 5.06 Å². The van der Waals surface area contributed by atoms with Crippen LogP contribution in [0.15, 0.2) is 0 Å². The first kappa shape index (κ1) is 17.9. The molecule has 0 rings (SSSR count). The van der Waals surface area contributed by atoms with Crippen molar-refractivity contribution in [2.24, 2.45) is 5.92 Å². The van der Waals surface area contributed by atoms with Gasteiger partial charge in [-0.25, -0.2) is 9.86 Å². The molecule has 0 heterocycles. The number of nitrogens with zero attached hydrogens (tertiary/aromatic N) is 1. The summed E-state index contributed by atoms with van der Waals surface area (Å²) in [6.07, 6.45) is -0.532. The van der Waals surface area contributed by atoms with E-state index >= 15 is 0 Å². The maximum Gasteiger partial charge on any atom is 0.336 e. The van der Waals surface area contributed by atoms with E-state index in [2.05, 4.69) is 4.74 Å². The van der Waals surface area contributed by atoms with Crippen molar-refractivity contribution < 1.29 is 24.3 Å². The third-order valence-corrected chi connectivity index (χ3v) is 2.33. The van der Waals surface area contributed by atoms with Gasteiger partial charge in [0.1, 0.15) is 0 Å². The molecule has 1 N–H and O–H groups in total. The molecule has 1 amide bonds. The van der Waals surface area contributed by atoms with E-state index in [0.717, 1.165) is 5.06 Å². The summed E-state index contributed by atoms with van der Waals surface area (Å²) in [5.74, 6) is -0.606. The summed E-state index contributed by atoms with van der Waals surface area (Å²) in [5, 5.41) is 11.0.